The second-order valence-electron chi connectivity index (χ2n) is 2.75. The molecule has 0 aliphatic carbocycles. The fourth-order valence-electron chi connectivity index (χ4n) is 0.981. The van der Waals surface area contributed by atoms with Gasteiger partial charge in [0.25, 0.3) is 0 Å². The molecule has 0 saturated heterocycles. The van der Waals surface area contributed by atoms with Crippen molar-refractivity contribution in [2.75, 3.05) is 12.5 Å². The van der Waals surface area contributed by atoms with E-state index in [4.69, 9.17) is 15.8 Å². The molecule has 0 radical (unpaired) electrons. The van der Waals surface area contributed by atoms with Crippen LogP contribution in [-0.4, -0.2) is 18.8 Å². The van der Waals surface area contributed by atoms with Crippen LogP contribution in [0.25, 0.3) is 0 Å². The molecule has 1 heterocycles. The summed E-state index contributed by atoms with van der Waals surface area (Å²) in [6.07, 6.45) is 0. The summed E-state index contributed by atoms with van der Waals surface area (Å²) in [7, 11) is 1.21. The van der Waals surface area contributed by atoms with E-state index in [2.05, 4.69) is 15.3 Å². The number of carbonyl (C=O) groups excluding carboxylic acids is 1. The van der Waals surface area contributed by atoms with Crippen LogP contribution < -0.4 is 5.43 Å². The van der Waals surface area contributed by atoms with Gasteiger partial charge < -0.3 is 4.74 Å². The van der Waals surface area contributed by atoms with Gasteiger partial charge >= 0.3 is 5.97 Å². The van der Waals surface area contributed by atoms with Crippen molar-refractivity contribution in [1.29, 1.82) is 15.8 Å². The summed E-state index contributed by atoms with van der Waals surface area (Å²) in [5, 5.41) is 30.8. The van der Waals surface area contributed by atoms with Crippen molar-refractivity contribution < 1.29 is 9.53 Å². The number of nitrogens with zero attached hydrogens (tertiary/aromatic N) is 4. The fourth-order valence-corrected chi connectivity index (χ4v) is 1.84. The highest BCUT2D eigenvalue weighted by Gasteiger charge is 2.18. The third-order valence-corrected chi connectivity index (χ3v) is 2.73. The summed E-state index contributed by atoms with van der Waals surface area (Å²) < 4.78 is 4.54. The van der Waals surface area contributed by atoms with Crippen LogP contribution in [0.5, 0.6) is 0 Å². The zero-order chi connectivity index (χ0) is 13.5. The van der Waals surface area contributed by atoms with E-state index < -0.39 is 11.7 Å². The number of thiophene rings is 1. The van der Waals surface area contributed by atoms with E-state index in [1.165, 1.54) is 12.5 Å². The average molecular weight is 259 g/mol. The maximum absolute atomic E-state index is 11.4. The van der Waals surface area contributed by atoms with Gasteiger partial charge in [-0.2, -0.15) is 20.9 Å². The topological polar surface area (TPSA) is 122 Å². The summed E-state index contributed by atoms with van der Waals surface area (Å²) in [5.74, 6) is -0.630. The maximum atomic E-state index is 11.4. The number of nitriles is 3. The Balaban J connectivity index is 3.16. The Morgan fingerprint density at radius 2 is 2.11 bits per heavy atom. The van der Waals surface area contributed by atoms with Gasteiger partial charge in [0.15, 0.2) is 0 Å². The summed E-state index contributed by atoms with van der Waals surface area (Å²) in [6.45, 7) is 0. The first-order valence-corrected chi connectivity index (χ1v) is 5.29. The molecule has 0 saturated carbocycles. The van der Waals surface area contributed by atoms with Gasteiger partial charge in [-0.25, -0.2) is 4.79 Å². The monoisotopic (exact) mass is 259 g/mol. The Morgan fingerprint density at radius 3 is 2.61 bits per heavy atom. The van der Waals surface area contributed by atoms with Gasteiger partial charge in [-0.3, -0.25) is 5.43 Å². The van der Waals surface area contributed by atoms with Crippen molar-refractivity contribution >= 4 is 28.7 Å². The van der Waals surface area contributed by atoms with Gasteiger partial charge in [-0.15, -0.1) is 11.3 Å². The van der Waals surface area contributed by atoms with E-state index in [0.29, 0.717) is 0 Å². The Kier molecular flexibility index (Phi) is 4.39. The molecule has 7 nitrogen and oxygen atoms in total. The van der Waals surface area contributed by atoms with Crippen LogP contribution in [0.1, 0.15) is 15.2 Å². The molecule has 0 amide bonds. The molecule has 8 heteroatoms. The third kappa shape index (κ3) is 2.62. The minimum Gasteiger partial charge on any atom is -0.465 e. The number of hydrogen-bond donors (Lipinski definition) is 1. The largest absolute Gasteiger partial charge is 0.465 e. The summed E-state index contributed by atoms with van der Waals surface area (Å²) in [4.78, 5) is 11.6. The number of esters is 1. The van der Waals surface area contributed by atoms with Crippen LogP contribution in [0.2, 0.25) is 0 Å². The molecule has 0 spiro atoms. The van der Waals surface area contributed by atoms with Crippen LogP contribution >= 0.6 is 11.3 Å². The zero-order valence-corrected chi connectivity index (χ0v) is 9.91. The van der Waals surface area contributed by atoms with Crippen molar-refractivity contribution in [3.8, 4) is 18.2 Å². The summed E-state index contributed by atoms with van der Waals surface area (Å²) in [5.41, 5.74) is 2.25. The van der Waals surface area contributed by atoms with Crippen molar-refractivity contribution in [2.45, 2.75) is 0 Å². The second-order valence-corrected chi connectivity index (χ2v) is 3.63. The molecule has 0 bridgehead atoms. The minimum atomic E-state index is -0.630. The van der Waals surface area contributed by atoms with Gasteiger partial charge in [-0.05, 0) is 0 Å². The lowest BCUT2D eigenvalue weighted by molar-refractivity contribution is 0.0607. The number of hydrazone groups is 1. The highest BCUT2D eigenvalue weighted by molar-refractivity contribution is 7.12. The predicted molar refractivity (Wildman–Crippen MR) is 62.7 cm³/mol. The Hall–Kier alpha value is -2.89. The van der Waals surface area contributed by atoms with Crippen LogP contribution in [-0.2, 0) is 4.74 Å². The first kappa shape index (κ1) is 13.2. The quantitative estimate of drug-likeness (QED) is 0.494. The van der Waals surface area contributed by atoms with Crippen molar-refractivity contribution in [3.63, 3.8) is 0 Å². The molecular weight excluding hydrogens is 254 g/mol. The van der Waals surface area contributed by atoms with Crippen molar-refractivity contribution in [1.82, 2.24) is 0 Å². The van der Waals surface area contributed by atoms with Gasteiger partial charge in [0, 0.05) is 5.38 Å². The van der Waals surface area contributed by atoms with Crippen LogP contribution in [0.4, 0.5) is 5.69 Å². The van der Waals surface area contributed by atoms with Crippen LogP contribution in [0.3, 0.4) is 0 Å². The summed E-state index contributed by atoms with van der Waals surface area (Å²) in [6, 6.07) is 4.95. The third-order valence-electron chi connectivity index (χ3n) is 1.77. The number of anilines is 1. The lowest BCUT2D eigenvalue weighted by atomic mass is 10.3. The zero-order valence-electron chi connectivity index (χ0n) is 9.09. The number of carbonyl (C=O) groups is 1. The highest BCUT2D eigenvalue weighted by atomic mass is 32.1. The Labute approximate surface area is 106 Å². The number of nitrogens with one attached hydrogen (secondary N) is 1. The Morgan fingerprint density at radius 1 is 1.44 bits per heavy atom. The number of hydrogen-bond acceptors (Lipinski definition) is 8. The molecule has 1 N–H and O–H groups in total. The molecule has 0 atom stereocenters. The molecule has 1 aromatic rings. The van der Waals surface area contributed by atoms with E-state index in [0.717, 1.165) is 11.3 Å². The SMILES string of the molecule is COC(=O)c1scc(C#N)c1NN=C(C#N)C#N. The molecule has 0 aliphatic heterocycles. The van der Waals surface area contributed by atoms with Gasteiger partial charge in [0.2, 0.25) is 5.71 Å². The first-order valence-electron chi connectivity index (χ1n) is 4.41. The molecule has 0 unspecified atom stereocenters. The van der Waals surface area contributed by atoms with Gasteiger partial charge in [0.05, 0.1) is 18.4 Å². The molecule has 0 fully saturated rings. The number of ether oxygens (including phenoxy) is 1. The molecule has 88 valence electrons. The van der Waals surface area contributed by atoms with Crippen LogP contribution in [0.15, 0.2) is 10.5 Å². The molecular formula is C10H5N5O2S. The first-order chi connectivity index (χ1) is 8.67. The average Bonchev–Trinajstić information content (AvgIpc) is 2.82. The van der Waals surface area contributed by atoms with Gasteiger partial charge in [-0.1, -0.05) is 0 Å². The summed E-state index contributed by atoms with van der Waals surface area (Å²) >= 11 is 1.01. The highest BCUT2D eigenvalue weighted by Crippen LogP contribution is 2.28. The standard InChI is InChI=1S/C10H5N5O2S/c1-17-10(16)9-8(6(2-11)5-18-9)15-14-7(3-12)4-13/h5,15H,1H3. The molecule has 1 rings (SSSR count). The lowest BCUT2D eigenvalue weighted by Crippen LogP contribution is -2.04. The van der Waals surface area contributed by atoms with E-state index in [-0.39, 0.29) is 16.1 Å². The number of methoxy groups -OCH3 is 1. The van der Waals surface area contributed by atoms with Crippen molar-refractivity contribution in [2.24, 2.45) is 5.10 Å². The van der Waals surface area contributed by atoms with E-state index >= 15 is 0 Å². The molecule has 18 heavy (non-hydrogen) atoms. The van der Waals surface area contributed by atoms with E-state index in [1.807, 2.05) is 6.07 Å². The normalized spacial score (nSPS) is 8.33. The smallest absolute Gasteiger partial charge is 0.350 e. The number of rotatable bonds is 3. The molecule has 1 aromatic heterocycles. The van der Waals surface area contributed by atoms with E-state index in [1.54, 1.807) is 12.1 Å². The predicted octanol–water partition coefficient (Wildman–Crippen LogP) is 1.22. The molecule has 0 aromatic carbocycles. The van der Waals surface area contributed by atoms with Crippen molar-refractivity contribution in [3.05, 3.63) is 15.8 Å². The lowest BCUT2D eigenvalue weighted by Gasteiger charge is -2.01. The minimum absolute atomic E-state index is 0.123. The second kappa shape index (κ2) is 6.00. The molecule has 0 aliphatic rings. The van der Waals surface area contributed by atoms with Gasteiger partial charge in [0.1, 0.15) is 23.1 Å². The van der Waals surface area contributed by atoms with E-state index in [9.17, 15) is 4.79 Å². The Bertz CT molecular complexity index is 610. The fraction of sp³-hybridized carbons (Fsp3) is 0.100. The van der Waals surface area contributed by atoms with Crippen LogP contribution in [0, 0.1) is 34.0 Å². The maximum Gasteiger partial charge on any atom is 0.350 e.